The van der Waals surface area contributed by atoms with Gasteiger partial charge in [0.05, 0.1) is 51.6 Å². The van der Waals surface area contributed by atoms with E-state index in [1.165, 1.54) is 56.9 Å². The van der Waals surface area contributed by atoms with Crippen LogP contribution in [0.25, 0.3) is 108 Å². The molecular formula is C103H74IrN8O2+. The van der Waals surface area contributed by atoms with Gasteiger partial charge in [-0.3, -0.25) is 19.6 Å². The van der Waals surface area contributed by atoms with Crippen molar-refractivity contribution in [2.24, 2.45) is 0 Å². The predicted molar refractivity (Wildman–Crippen MR) is 471 cm³/mol. The van der Waals surface area contributed by atoms with E-state index in [0.717, 1.165) is 145 Å². The Bertz CT molecular complexity index is 6610. The smallest absolute Gasteiger partial charge is 0.328 e. The number of para-hydroxylation sites is 4. The zero-order valence-electron chi connectivity index (χ0n) is 63.1. The number of hydrogen-bond acceptors (Lipinski definition) is 10. The second-order valence-corrected chi connectivity index (χ2v) is 28.4. The fourth-order valence-corrected chi connectivity index (χ4v) is 15.9. The topological polar surface area (TPSA) is 98.7 Å². The Kier molecular flexibility index (Phi) is 20.2. The first kappa shape index (κ1) is 72.8. The largest absolute Gasteiger partial charge is 3.00 e. The first-order valence-corrected chi connectivity index (χ1v) is 38.0. The zero-order valence-corrected chi connectivity index (χ0v) is 65.5. The van der Waals surface area contributed by atoms with Crippen LogP contribution in [-0.4, -0.2) is 31.5 Å². The third-order valence-electron chi connectivity index (χ3n) is 20.8. The molecule has 0 aliphatic rings. The Morgan fingerprint density at radius 2 is 0.553 bits per heavy atom. The average molecular weight is 1650 g/mol. The molecule has 2 heterocycles. The molecule has 18 aromatic carbocycles. The number of rotatable bonds is 14. The van der Waals surface area contributed by atoms with Crippen LogP contribution in [0.1, 0.15) is 31.7 Å². The van der Waals surface area contributed by atoms with Crippen molar-refractivity contribution in [1.82, 2.24) is 19.9 Å². The quantitative estimate of drug-likeness (QED) is 0.0595. The van der Waals surface area contributed by atoms with E-state index in [0.29, 0.717) is 0 Å². The van der Waals surface area contributed by atoms with E-state index in [4.69, 9.17) is 19.9 Å². The molecule has 0 N–H and O–H groups in total. The normalized spacial score (nSPS) is 11.2. The number of aryl methyl sites for hydroxylation is 2. The van der Waals surface area contributed by atoms with Crippen molar-refractivity contribution in [3.63, 3.8) is 0 Å². The van der Waals surface area contributed by atoms with Crippen LogP contribution in [0, 0.1) is 26.0 Å². The van der Waals surface area contributed by atoms with Gasteiger partial charge in [-0.25, -0.2) is 0 Å². The molecule has 0 atom stereocenters. The van der Waals surface area contributed by atoms with Crippen LogP contribution in [0.2, 0.25) is 0 Å². The summed E-state index contributed by atoms with van der Waals surface area (Å²) in [7, 11) is 0. The molecule has 0 bridgehead atoms. The predicted octanol–water partition coefficient (Wildman–Crippen LogP) is 27.1. The summed E-state index contributed by atoms with van der Waals surface area (Å²) in [6, 6.07) is 132. The number of benzene rings is 18. The molecule has 0 spiro atoms. The number of anilines is 12. The molecule has 2 aromatic heterocycles. The van der Waals surface area contributed by atoms with Crippen LogP contribution < -0.4 is 19.6 Å². The Hall–Kier alpha value is -14.1. The minimum absolute atomic E-state index is 0. The average Bonchev–Trinajstić information content (AvgIpc) is 0.731. The molecule has 0 saturated heterocycles. The molecule has 10 nitrogen and oxygen atoms in total. The summed E-state index contributed by atoms with van der Waals surface area (Å²) in [5, 5.41) is 17.9. The summed E-state index contributed by atoms with van der Waals surface area (Å²) in [6.07, 6.45) is 3.81. The number of carbonyl (C=O) groups excluding carboxylic acids is 2. The minimum Gasteiger partial charge on any atom is -0.328 e. The van der Waals surface area contributed by atoms with E-state index in [-0.39, 0.29) is 38.1 Å². The maximum absolute atomic E-state index is 10.0. The Labute approximate surface area is 674 Å². The van der Waals surface area contributed by atoms with Gasteiger partial charge < -0.3 is 29.6 Å². The first-order valence-electron chi connectivity index (χ1n) is 38.0. The number of hydrogen-bond donors (Lipinski definition) is 0. The van der Waals surface area contributed by atoms with Gasteiger partial charge >= 0.3 is 20.1 Å². The van der Waals surface area contributed by atoms with Gasteiger partial charge in [0.15, 0.2) is 0 Å². The molecule has 20 aromatic rings. The van der Waals surface area contributed by atoms with Gasteiger partial charge in [0.1, 0.15) is 11.6 Å². The van der Waals surface area contributed by atoms with Gasteiger partial charge in [-0.15, -0.1) is 47.2 Å². The van der Waals surface area contributed by atoms with E-state index in [2.05, 4.69) is 384 Å². The van der Waals surface area contributed by atoms with Crippen LogP contribution in [0.4, 0.5) is 68.2 Å². The maximum Gasteiger partial charge on any atom is 3.00 e. The van der Waals surface area contributed by atoms with Gasteiger partial charge in [0.25, 0.3) is 0 Å². The molecule has 0 fully saturated rings. The summed E-state index contributed by atoms with van der Waals surface area (Å²) in [5.74, 6) is -0.125. The van der Waals surface area contributed by atoms with E-state index in [9.17, 15) is 9.59 Å². The Morgan fingerprint density at radius 1 is 0.272 bits per heavy atom. The van der Waals surface area contributed by atoms with E-state index in [1.807, 2.05) is 26.2 Å². The molecule has 0 aliphatic heterocycles. The van der Waals surface area contributed by atoms with Gasteiger partial charge in [-0.05, 0) is 168 Å². The second kappa shape index (κ2) is 31.7. The summed E-state index contributed by atoms with van der Waals surface area (Å²) in [4.78, 5) is 49.8. The summed E-state index contributed by atoms with van der Waals surface area (Å²) in [6.45, 7) is 6.83. The Morgan fingerprint density at radius 3 is 0.868 bits per heavy atom. The molecule has 0 aliphatic carbocycles. The fourth-order valence-electron chi connectivity index (χ4n) is 15.9. The van der Waals surface area contributed by atoms with Crippen LogP contribution in [0.3, 0.4) is 0 Å². The standard InChI is InChI=1S/2C49H33N4.C5H8O2.Ir/c2*1-33-32-50-48-44-30-38(52(36-18-4-2-5-19-36)46-24-12-16-34-14-8-10-22-40(34)46)26-28-42(44)43-29-27-39(31-45(43)49(48)51-33)53(37-20-6-3-7-21-37)47-25-13-17-35-15-9-11-23-41(35)47;1-4(6)3-5(2)7;/h2*2-29,31-32H,1H3;3H2,1-2H3;/q2*-1;;+3. The minimum atomic E-state index is -0.0625. The van der Waals surface area contributed by atoms with Crippen LogP contribution >= 0.6 is 0 Å². The molecule has 11 heteroatoms. The molecule has 0 amide bonds. The number of Topliss-reactive ketones (excluding diaryl/α,β-unsaturated/α-hetero) is 2. The van der Waals surface area contributed by atoms with Crippen LogP contribution in [0.15, 0.2) is 364 Å². The van der Waals surface area contributed by atoms with Crippen molar-refractivity contribution in [1.29, 1.82) is 0 Å². The van der Waals surface area contributed by atoms with Gasteiger partial charge in [0, 0.05) is 79.1 Å². The number of fused-ring (bicyclic) bond motifs is 16. The molecule has 114 heavy (non-hydrogen) atoms. The molecule has 0 unspecified atom stereocenters. The van der Waals surface area contributed by atoms with Crippen LogP contribution in [-0.2, 0) is 29.7 Å². The zero-order chi connectivity index (χ0) is 76.5. The molecule has 0 saturated carbocycles. The second-order valence-electron chi connectivity index (χ2n) is 28.4. The molecule has 546 valence electrons. The van der Waals surface area contributed by atoms with E-state index < -0.39 is 0 Å². The molecule has 0 radical (unpaired) electrons. The fraction of sp³-hybridized carbons (Fsp3) is 0.0485. The third-order valence-corrected chi connectivity index (χ3v) is 20.8. The number of ketones is 2. The van der Waals surface area contributed by atoms with E-state index >= 15 is 0 Å². The van der Waals surface area contributed by atoms with Crippen LogP contribution in [0.5, 0.6) is 0 Å². The van der Waals surface area contributed by atoms with Gasteiger partial charge in [-0.1, -0.05) is 252 Å². The summed E-state index contributed by atoms with van der Waals surface area (Å²) >= 11 is 0. The monoisotopic (exact) mass is 1650 g/mol. The number of aromatic nitrogens is 4. The first-order chi connectivity index (χ1) is 55.5. The van der Waals surface area contributed by atoms with Crippen molar-refractivity contribution in [3.05, 3.63) is 388 Å². The summed E-state index contributed by atoms with van der Waals surface area (Å²) in [5.41, 5.74) is 17.8. The van der Waals surface area contributed by atoms with Crippen molar-refractivity contribution < 1.29 is 29.7 Å². The maximum atomic E-state index is 10.0. The van der Waals surface area contributed by atoms with Gasteiger partial charge in [0.2, 0.25) is 0 Å². The number of nitrogens with zero attached hydrogens (tertiary/aromatic N) is 8. The van der Waals surface area contributed by atoms with E-state index in [1.54, 1.807) is 0 Å². The molecular weight excluding hydrogens is 1570 g/mol. The van der Waals surface area contributed by atoms with Crippen molar-refractivity contribution in [3.8, 4) is 0 Å². The van der Waals surface area contributed by atoms with Crippen molar-refractivity contribution in [2.45, 2.75) is 34.1 Å². The third kappa shape index (κ3) is 14.0. The summed E-state index contributed by atoms with van der Waals surface area (Å²) < 4.78 is 0. The van der Waals surface area contributed by atoms with Crippen molar-refractivity contribution >= 4 is 188 Å². The van der Waals surface area contributed by atoms with Crippen molar-refractivity contribution in [2.75, 3.05) is 19.6 Å². The Balaban J connectivity index is 0.000000151. The SMILES string of the molecule is CC(=O)CC(C)=O.Cc1cnc2c3[c-]c(N(c4ccccc4)c4cccc5ccccc45)ccc3c3ccc(N(c4ccccc4)c4cccc5ccccc45)cc3c2n1.Cc1cnc2c3[c-]c(N(c4ccccc4)c4cccc5ccccc45)ccc3c3ccc(N(c4ccccc4)c4cccc5ccccc45)cc3c2n1.[Ir+3]. The number of carbonyl (C=O) groups is 2. The molecule has 20 rings (SSSR count). The van der Waals surface area contributed by atoms with Gasteiger partial charge in [-0.2, -0.15) is 0 Å².